The summed E-state index contributed by atoms with van der Waals surface area (Å²) >= 11 is 0. The maximum absolute atomic E-state index is 13.7. The van der Waals surface area contributed by atoms with Gasteiger partial charge in [-0.05, 0) is 30.7 Å². The highest BCUT2D eigenvalue weighted by molar-refractivity contribution is 6.06. The first-order valence-corrected chi connectivity index (χ1v) is 11.3. The number of hydrogen-bond acceptors (Lipinski definition) is 7. The number of allylic oxidation sites excluding steroid dienone is 2. The van der Waals surface area contributed by atoms with E-state index in [0.29, 0.717) is 50.6 Å². The van der Waals surface area contributed by atoms with Crippen LogP contribution < -0.4 is 11.0 Å². The molecule has 1 N–H and O–H groups in total. The Bertz CT molecular complexity index is 1270. The minimum absolute atomic E-state index is 0.239. The average molecular weight is 474 g/mol. The van der Waals surface area contributed by atoms with Crippen molar-refractivity contribution in [2.45, 2.75) is 26.2 Å². The number of rotatable bonds is 4. The Morgan fingerprint density at radius 3 is 2.62 bits per heavy atom. The molecular weight excluding hydrogens is 447 g/mol. The third kappa shape index (κ3) is 3.93. The lowest BCUT2D eigenvalue weighted by Crippen LogP contribution is -2.47. The molecule has 5 rings (SSSR count). The Kier molecular flexibility index (Phi) is 5.59. The molecule has 2 aromatic rings. The second-order valence-electron chi connectivity index (χ2n) is 8.68. The SMILES string of the molecule is CCn1c2c3c(cc(CN4CCN(C5=C(C(F)(F)F)N(C)CC=C5)CC4)cc3nc1=O)NC=N2. The minimum Gasteiger partial charge on any atom is -0.367 e. The third-order valence-corrected chi connectivity index (χ3v) is 6.49. The van der Waals surface area contributed by atoms with Crippen LogP contribution in [0.25, 0.3) is 10.9 Å². The number of hydrogen-bond donors (Lipinski definition) is 1. The third-order valence-electron chi connectivity index (χ3n) is 6.49. The van der Waals surface area contributed by atoms with E-state index in [1.165, 1.54) is 11.9 Å². The molecular formula is C23H26F3N7O. The van der Waals surface area contributed by atoms with Gasteiger partial charge in [-0.3, -0.25) is 9.47 Å². The van der Waals surface area contributed by atoms with Crippen molar-refractivity contribution in [2.24, 2.45) is 4.99 Å². The van der Waals surface area contributed by atoms with Gasteiger partial charge < -0.3 is 15.1 Å². The molecule has 180 valence electrons. The number of piperazine rings is 1. The minimum atomic E-state index is -4.39. The highest BCUT2D eigenvalue weighted by atomic mass is 19.4. The van der Waals surface area contributed by atoms with E-state index in [0.717, 1.165) is 16.6 Å². The molecule has 0 aliphatic carbocycles. The molecule has 0 spiro atoms. The van der Waals surface area contributed by atoms with E-state index in [1.807, 2.05) is 24.0 Å². The van der Waals surface area contributed by atoms with Crippen molar-refractivity contribution < 1.29 is 13.2 Å². The van der Waals surface area contributed by atoms with Gasteiger partial charge in [-0.1, -0.05) is 6.08 Å². The molecule has 1 saturated heterocycles. The quantitative estimate of drug-likeness (QED) is 0.737. The topological polar surface area (TPSA) is 69.0 Å². The molecule has 3 aliphatic rings. The van der Waals surface area contributed by atoms with Crippen LogP contribution in [-0.2, 0) is 13.1 Å². The Hall–Kier alpha value is -3.34. The smallest absolute Gasteiger partial charge is 0.367 e. The van der Waals surface area contributed by atoms with Gasteiger partial charge in [-0.25, -0.2) is 9.79 Å². The molecule has 1 aromatic heterocycles. The lowest BCUT2D eigenvalue weighted by atomic mass is 10.1. The van der Waals surface area contributed by atoms with Gasteiger partial charge in [0.2, 0.25) is 0 Å². The van der Waals surface area contributed by atoms with Crippen molar-refractivity contribution in [2.75, 3.05) is 45.1 Å². The zero-order chi connectivity index (χ0) is 24.0. The molecule has 0 radical (unpaired) electrons. The van der Waals surface area contributed by atoms with Gasteiger partial charge in [-0.2, -0.15) is 18.2 Å². The summed E-state index contributed by atoms with van der Waals surface area (Å²) in [5.74, 6) is 0.602. The van der Waals surface area contributed by atoms with Crippen molar-refractivity contribution >= 4 is 28.7 Å². The van der Waals surface area contributed by atoms with Crippen LogP contribution in [0.2, 0.25) is 0 Å². The first-order valence-electron chi connectivity index (χ1n) is 11.3. The average Bonchev–Trinajstić information content (AvgIpc) is 2.79. The standard InChI is InChI=1S/C23H26F3N7O/c1-3-33-21-19-16(27-14-28-21)11-15(12-17(19)29-22(33)34)13-31-7-9-32(10-8-31)18-5-4-6-30(2)20(18)23(24,25)26/h4-5,11-12,14H,3,6-10,13H2,1-2H3,(H,27,28). The number of nitrogens with one attached hydrogen (secondary N) is 1. The molecule has 3 aliphatic heterocycles. The second kappa shape index (κ2) is 8.46. The largest absolute Gasteiger partial charge is 0.433 e. The van der Waals surface area contributed by atoms with E-state index in [9.17, 15) is 18.0 Å². The van der Waals surface area contributed by atoms with Crippen LogP contribution in [0.3, 0.4) is 0 Å². The summed E-state index contributed by atoms with van der Waals surface area (Å²) in [5, 5.41) is 3.97. The molecule has 34 heavy (non-hydrogen) atoms. The van der Waals surface area contributed by atoms with E-state index in [4.69, 9.17) is 0 Å². The number of nitrogens with zero attached hydrogens (tertiary/aromatic N) is 6. The first kappa shape index (κ1) is 22.5. The zero-order valence-corrected chi connectivity index (χ0v) is 19.1. The van der Waals surface area contributed by atoms with Crippen LogP contribution in [-0.4, -0.2) is 76.5 Å². The van der Waals surface area contributed by atoms with Crippen molar-refractivity contribution in [3.05, 3.63) is 51.7 Å². The number of aliphatic imine (C=N–C) groups is 1. The molecule has 0 atom stereocenters. The van der Waals surface area contributed by atoms with Gasteiger partial charge in [0.05, 0.1) is 28.6 Å². The molecule has 0 unspecified atom stereocenters. The Morgan fingerprint density at radius 2 is 1.91 bits per heavy atom. The van der Waals surface area contributed by atoms with Crippen LogP contribution in [0.1, 0.15) is 12.5 Å². The predicted octanol–water partition coefficient (Wildman–Crippen LogP) is 2.89. The molecule has 0 saturated carbocycles. The fraction of sp³-hybridized carbons (Fsp3) is 0.435. The van der Waals surface area contributed by atoms with E-state index in [2.05, 4.69) is 20.2 Å². The predicted molar refractivity (Wildman–Crippen MR) is 125 cm³/mol. The Morgan fingerprint density at radius 1 is 1.15 bits per heavy atom. The molecule has 1 fully saturated rings. The summed E-state index contributed by atoms with van der Waals surface area (Å²) in [5.41, 5.74) is 1.75. The second-order valence-corrected chi connectivity index (χ2v) is 8.68. The van der Waals surface area contributed by atoms with E-state index < -0.39 is 11.9 Å². The highest BCUT2D eigenvalue weighted by Crippen LogP contribution is 2.36. The summed E-state index contributed by atoms with van der Waals surface area (Å²) in [4.78, 5) is 26.3. The highest BCUT2D eigenvalue weighted by Gasteiger charge is 2.41. The number of likely N-dealkylation sites (N-methyl/N-ethyl adjacent to an activating group) is 1. The van der Waals surface area contributed by atoms with Gasteiger partial charge in [0.1, 0.15) is 11.5 Å². The molecule has 0 bridgehead atoms. The summed E-state index contributed by atoms with van der Waals surface area (Å²) < 4.78 is 42.5. The molecule has 8 nitrogen and oxygen atoms in total. The van der Waals surface area contributed by atoms with Gasteiger partial charge >= 0.3 is 11.9 Å². The van der Waals surface area contributed by atoms with E-state index in [-0.39, 0.29) is 17.9 Å². The number of aromatic nitrogens is 2. The summed E-state index contributed by atoms with van der Waals surface area (Å²) in [6, 6.07) is 3.93. The normalized spacial score (nSPS) is 18.7. The summed E-state index contributed by atoms with van der Waals surface area (Å²) in [7, 11) is 1.47. The van der Waals surface area contributed by atoms with Gasteiger partial charge in [0, 0.05) is 52.9 Å². The fourth-order valence-corrected chi connectivity index (χ4v) is 4.89. The fourth-order valence-electron chi connectivity index (χ4n) is 4.89. The van der Waals surface area contributed by atoms with Crippen molar-refractivity contribution in [3.8, 4) is 0 Å². The first-order chi connectivity index (χ1) is 16.3. The molecule has 4 heterocycles. The number of anilines is 1. The van der Waals surface area contributed by atoms with Gasteiger partial charge in [-0.15, -0.1) is 0 Å². The molecule has 11 heteroatoms. The summed E-state index contributed by atoms with van der Waals surface area (Å²) in [6.45, 7) is 5.49. The van der Waals surface area contributed by atoms with Crippen molar-refractivity contribution in [1.29, 1.82) is 0 Å². The number of alkyl halides is 3. The van der Waals surface area contributed by atoms with Crippen LogP contribution in [0.4, 0.5) is 24.7 Å². The van der Waals surface area contributed by atoms with Gasteiger partial charge in [0.15, 0.2) is 0 Å². The van der Waals surface area contributed by atoms with Crippen molar-refractivity contribution in [3.63, 3.8) is 0 Å². The number of benzene rings is 1. The van der Waals surface area contributed by atoms with E-state index in [1.54, 1.807) is 23.1 Å². The lowest BCUT2D eigenvalue weighted by molar-refractivity contribution is -0.111. The van der Waals surface area contributed by atoms with E-state index >= 15 is 0 Å². The Balaban J connectivity index is 1.35. The van der Waals surface area contributed by atoms with Crippen LogP contribution in [0, 0.1) is 0 Å². The number of halogens is 3. The van der Waals surface area contributed by atoms with Crippen molar-refractivity contribution in [1.82, 2.24) is 24.3 Å². The maximum Gasteiger partial charge on any atom is 0.433 e. The van der Waals surface area contributed by atoms with Crippen LogP contribution in [0.15, 0.2) is 45.5 Å². The summed E-state index contributed by atoms with van der Waals surface area (Å²) in [6.07, 6.45) is 0.538. The molecule has 1 aromatic carbocycles. The van der Waals surface area contributed by atoms with Crippen LogP contribution >= 0.6 is 0 Å². The van der Waals surface area contributed by atoms with Crippen LogP contribution in [0.5, 0.6) is 0 Å². The van der Waals surface area contributed by atoms with Gasteiger partial charge in [0.25, 0.3) is 0 Å². The monoisotopic (exact) mass is 473 g/mol. The zero-order valence-electron chi connectivity index (χ0n) is 19.1. The maximum atomic E-state index is 13.7. The lowest BCUT2D eigenvalue weighted by Gasteiger charge is -2.40. The molecule has 0 amide bonds. The Labute approximate surface area is 194 Å².